The van der Waals surface area contributed by atoms with E-state index in [0.717, 1.165) is 17.7 Å². The SMILES string of the molecule is CCNCc1oc2c(Cl)cc(Cl)c(Cl)c2c1C1CC1. The Morgan fingerprint density at radius 2 is 2.00 bits per heavy atom. The molecule has 0 unspecified atom stereocenters. The number of hydrogen-bond acceptors (Lipinski definition) is 2. The van der Waals surface area contributed by atoms with Crippen LogP contribution in [-0.2, 0) is 6.54 Å². The third-order valence-corrected chi connectivity index (χ3v) is 4.51. The summed E-state index contributed by atoms with van der Waals surface area (Å²) in [7, 11) is 0. The summed E-state index contributed by atoms with van der Waals surface area (Å²) in [5.41, 5.74) is 1.84. The quantitative estimate of drug-likeness (QED) is 0.766. The lowest BCUT2D eigenvalue weighted by Gasteiger charge is -2.03. The highest BCUT2D eigenvalue weighted by Gasteiger charge is 2.32. The largest absolute Gasteiger partial charge is 0.458 e. The summed E-state index contributed by atoms with van der Waals surface area (Å²) in [5.74, 6) is 1.47. The van der Waals surface area contributed by atoms with Gasteiger partial charge in [0.15, 0.2) is 5.58 Å². The molecule has 3 rings (SSSR count). The molecule has 5 heteroatoms. The number of halogens is 3. The van der Waals surface area contributed by atoms with Crippen LogP contribution in [-0.4, -0.2) is 6.54 Å². The minimum atomic E-state index is 0.483. The summed E-state index contributed by atoms with van der Waals surface area (Å²) in [6, 6.07) is 1.64. The lowest BCUT2D eigenvalue weighted by molar-refractivity contribution is 0.514. The van der Waals surface area contributed by atoms with Crippen LogP contribution in [0.15, 0.2) is 10.5 Å². The number of rotatable bonds is 4. The van der Waals surface area contributed by atoms with Gasteiger partial charge in [-0.1, -0.05) is 41.7 Å². The van der Waals surface area contributed by atoms with Gasteiger partial charge >= 0.3 is 0 Å². The predicted molar refractivity (Wildman–Crippen MR) is 80.6 cm³/mol. The number of nitrogens with one attached hydrogen (secondary N) is 1. The summed E-state index contributed by atoms with van der Waals surface area (Å²) in [6.07, 6.45) is 2.35. The number of benzene rings is 1. The molecule has 0 amide bonds. The zero-order valence-electron chi connectivity index (χ0n) is 10.5. The van der Waals surface area contributed by atoms with Crippen molar-refractivity contribution in [2.45, 2.75) is 32.2 Å². The minimum absolute atomic E-state index is 0.483. The van der Waals surface area contributed by atoms with Crippen LogP contribution in [0.3, 0.4) is 0 Å². The summed E-state index contributed by atoms with van der Waals surface area (Å²) >= 11 is 18.7. The molecular formula is C14H14Cl3NO. The van der Waals surface area contributed by atoms with Crippen molar-refractivity contribution < 1.29 is 4.42 Å². The van der Waals surface area contributed by atoms with Gasteiger partial charge in [0, 0.05) is 10.9 Å². The number of hydrogen-bond donors (Lipinski definition) is 1. The Kier molecular flexibility index (Phi) is 3.69. The molecule has 2 nitrogen and oxygen atoms in total. The lowest BCUT2D eigenvalue weighted by atomic mass is 10.1. The molecule has 0 aliphatic heterocycles. The number of fused-ring (bicyclic) bond motifs is 1. The van der Waals surface area contributed by atoms with Gasteiger partial charge in [0.2, 0.25) is 0 Å². The van der Waals surface area contributed by atoms with Crippen molar-refractivity contribution in [2.75, 3.05) is 6.54 Å². The van der Waals surface area contributed by atoms with Crippen LogP contribution in [0.5, 0.6) is 0 Å². The van der Waals surface area contributed by atoms with E-state index < -0.39 is 0 Å². The summed E-state index contributed by atoms with van der Waals surface area (Å²) in [6.45, 7) is 3.65. The molecule has 1 aromatic carbocycles. The molecule has 0 radical (unpaired) electrons. The minimum Gasteiger partial charge on any atom is -0.458 e. The molecular weight excluding hydrogens is 305 g/mol. The van der Waals surface area contributed by atoms with Crippen molar-refractivity contribution in [2.24, 2.45) is 0 Å². The smallest absolute Gasteiger partial charge is 0.154 e. The van der Waals surface area contributed by atoms with Crippen LogP contribution in [0.4, 0.5) is 0 Å². The molecule has 1 fully saturated rings. The van der Waals surface area contributed by atoms with E-state index in [9.17, 15) is 0 Å². The zero-order chi connectivity index (χ0) is 13.6. The van der Waals surface area contributed by atoms with Crippen LogP contribution >= 0.6 is 34.8 Å². The fraction of sp³-hybridized carbons (Fsp3) is 0.429. The van der Waals surface area contributed by atoms with E-state index in [0.29, 0.717) is 33.1 Å². The molecule has 1 N–H and O–H groups in total. The highest BCUT2D eigenvalue weighted by atomic mass is 35.5. The first-order valence-electron chi connectivity index (χ1n) is 6.43. The number of furan rings is 1. The summed E-state index contributed by atoms with van der Waals surface area (Å²) in [4.78, 5) is 0. The van der Waals surface area contributed by atoms with Gasteiger partial charge in [-0.3, -0.25) is 0 Å². The second-order valence-corrected chi connectivity index (χ2v) is 6.04. The Labute approximate surface area is 127 Å². The van der Waals surface area contributed by atoms with Crippen molar-refractivity contribution in [3.8, 4) is 0 Å². The Morgan fingerprint density at radius 1 is 1.26 bits per heavy atom. The monoisotopic (exact) mass is 317 g/mol. The van der Waals surface area contributed by atoms with E-state index >= 15 is 0 Å². The maximum Gasteiger partial charge on any atom is 0.154 e. The van der Waals surface area contributed by atoms with Crippen molar-refractivity contribution in [3.05, 3.63) is 32.5 Å². The third-order valence-electron chi connectivity index (χ3n) is 3.44. The van der Waals surface area contributed by atoms with Crippen LogP contribution in [0.1, 0.15) is 37.0 Å². The fourth-order valence-electron chi connectivity index (χ4n) is 2.41. The molecule has 1 aliphatic carbocycles. The standard InChI is InChI=1S/C14H14Cl3NO/c1-2-18-6-10-11(7-3-4-7)12-13(17)8(15)5-9(16)14(12)19-10/h5,7,18H,2-4,6H2,1H3. The van der Waals surface area contributed by atoms with Gasteiger partial charge < -0.3 is 9.73 Å². The maximum absolute atomic E-state index is 6.35. The van der Waals surface area contributed by atoms with Crippen LogP contribution in [0.2, 0.25) is 15.1 Å². The first kappa shape index (κ1) is 13.6. The zero-order valence-corrected chi connectivity index (χ0v) is 12.8. The van der Waals surface area contributed by atoms with E-state index in [1.807, 2.05) is 0 Å². The van der Waals surface area contributed by atoms with E-state index in [1.165, 1.54) is 18.4 Å². The second kappa shape index (κ2) is 5.17. The van der Waals surface area contributed by atoms with Gasteiger partial charge in [-0.15, -0.1) is 0 Å². The summed E-state index contributed by atoms with van der Waals surface area (Å²) < 4.78 is 5.93. The Hall–Kier alpha value is -0.410. The normalized spacial score (nSPS) is 15.4. The van der Waals surface area contributed by atoms with Crippen molar-refractivity contribution >= 4 is 45.8 Å². The van der Waals surface area contributed by atoms with Crippen LogP contribution in [0.25, 0.3) is 11.0 Å². The second-order valence-electron chi connectivity index (χ2n) is 4.85. The van der Waals surface area contributed by atoms with Crippen molar-refractivity contribution in [1.29, 1.82) is 0 Å². The lowest BCUT2D eigenvalue weighted by Crippen LogP contribution is -2.12. The van der Waals surface area contributed by atoms with Crippen molar-refractivity contribution in [1.82, 2.24) is 5.32 Å². The molecule has 0 saturated heterocycles. The van der Waals surface area contributed by atoms with Gasteiger partial charge in [0.05, 0.1) is 21.6 Å². The van der Waals surface area contributed by atoms with Gasteiger partial charge in [-0.05, 0) is 31.4 Å². The molecule has 0 atom stereocenters. The highest BCUT2D eigenvalue weighted by Crippen LogP contribution is 2.50. The Balaban J connectivity index is 2.24. The molecule has 2 aromatic rings. The average molecular weight is 319 g/mol. The molecule has 1 saturated carbocycles. The van der Waals surface area contributed by atoms with E-state index in [4.69, 9.17) is 39.2 Å². The third kappa shape index (κ3) is 2.36. The molecule has 19 heavy (non-hydrogen) atoms. The Bertz CT molecular complexity index is 631. The molecule has 1 heterocycles. The molecule has 102 valence electrons. The fourth-order valence-corrected chi connectivity index (χ4v) is 3.15. The van der Waals surface area contributed by atoms with E-state index in [1.54, 1.807) is 6.07 Å². The van der Waals surface area contributed by atoms with Gasteiger partial charge in [0.1, 0.15) is 5.76 Å². The molecule has 1 aliphatic rings. The van der Waals surface area contributed by atoms with Gasteiger partial charge in [-0.2, -0.15) is 0 Å². The first-order chi connectivity index (χ1) is 9.13. The predicted octanol–water partition coefficient (Wildman–Crippen LogP) is 5.38. The van der Waals surface area contributed by atoms with E-state index in [-0.39, 0.29) is 0 Å². The van der Waals surface area contributed by atoms with E-state index in [2.05, 4.69) is 12.2 Å². The highest BCUT2D eigenvalue weighted by molar-refractivity contribution is 6.47. The molecule has 0 bridgehead atoms. The molecule has 0 spiro atoms. The van der Waals surface area contributed by atoms with Crippen molar-refractivity contribution in [3.63, 3.8) is 0 Å². The van der Waals surface area contributed by atoms with Crippen LogP contribution in [0, 0.1) is 0 Å². The Morgan fingerprint density at radius 3 is 2.63 bits per heavy atom. The average Bonchev–Trinajstić information content (AvgIpc) is 3.14. The summed E-state index contributed by atoms with van der Waals surface area (Å²) in [5, 5.41) is 5.74. The maximum atomic E-state index is 6.35. The topological polar surface area (TPSA) is 25.2 Å². The van der Waals surface area contributed by atoms with Crippen LogP contribution < -0.4 is 5.32 Å². The van der Waals surface area contributed by atoms with Gasteiger partial charge in [-0.25, -0.2) is 0 Å². The molecule has 1 aromatic heterocycles. The first-order valence-corrected chi connectivity index (χ1v) is 7.56. The van der Waals surface area contributed by atoms with Gasteiger partial charge in [0.25, 0.3) is 0 Å².